The third-order valence-electron chi connectivity index (χ3n) is 6.35. The van der Waals surface area contributed by atoms with Gasteiger partial charge in [0.05, 0.1) is 12.8 Å². The highest BCUT2D eigenvalue weighted by molar-refractivity contribution is 5.95. The van der Waals surface area contributed by atoms with E-state index in [1.807, 2.05) is 18.2 Å². The smallest absolute Gasteiger partial charge is 0.168 e. The van der Waals surface area contributed by atoms with Crippen LogP contribution in [0.5, 0.6) is 5.75 Å². The van der Waals surface area contributed by atoms with Gasteiger partial charge in [0.25, 0.3) is 0 Å². The van der Waals surface area contributed by atoms with Gasteiger partial charge in [-0.15, -0.1) is 0 Å². The summed E-state index contributed by atoms with van der Waals surface area (Å²) in [5.41, 5.74) is 3.77. The lowest BCUT2D eigenvalue weighted by molar-refractivity contribution is 0.311. The number of fused-ring (bicyclic) bond motifs is 1. The van der Waals surface area contributed by atoms with Crippen molar-refractivity contribution in [3.8, 4) is 16.9 Å². The van der Waals surface area contributed by atoms with Gasteiger partial charge in [-0.2, -0.15) is 0 Å². The molecule has 3 heterocycles. The van der Waals surface area contributed by atoms with Gasteiger partial charge in [0.1, 0.15) is 17.3 Å². The molecule has 0 unspecified atom stereocenters. The van der Waals surface area contributed by atoms with Crippen molar-refractivity contribution in [2.24, 2.45) is 0 Å². The molecule has 0 bridgehead atoms. The van der Waals surface area contributed by atoms with Crippen molar-refractivity contribution in [2.45, 2.75) is 6.42 Å². The van der Waals surface area contributed by atoms with E-state index < -0.39 is 11.6 Å². The van der Waals surface area contributed by atoms with Crippen LogP contribution in [0.15, 0.2) is 48.8 Å². The van der Waals surface area contributed by atoms with Gasteiger partial charge in [-0.3, -0.25) is 0 Å². The molecule has 1 saturated heterocycles. The van der Waals surface area contributed by atoms with E-state index in [4.69, 9.17) is 4.74 Å². The number of aromatic amines is 1. The van der Waals surface area contributed by atoms with Gasteiger partial charge in [0, 0.05) is 61.2 Å². The zero-order chi connectivity index (χ0) is 23.8. The van der Waals surface area contributed by atoms with Crippen molar-refractivity contribution in [3.63, 3.8) is 0 Å². The summed E-state index contributed by atoms with van der Waals surface area (Å²) < 4.78 is 48.3. The molecule has 0 atom stereocenters. The molecule has 5 rings (SSSR count). The highest BCUT2D eigenvalue weighted by Gasteiger charge is 2.19. The van der Waals surface area contributed by atoms with E-state index in [1.165, 1.54) is 13.2 Å². The molecule has 0 amide bonds. The molecule has 2 aromatic heterocycles. The van der Waals surface area contributed by atoms with Gasteiger partial charge in [0.15, 0.2) is 11.6 Å². The largest absolute Gasteiger partial charge is 0.493 e. The van der Waals surface area contributed by atoms with Gasteiger partial charge in [-0.05, 0) is 48.9 Å². The molecule has 1 aliphatic rings. The lowest BCUT2D eigenvalue weighted by Gasteiger charge is -2.34. The Morgan fingerprint density at radius 1 is 0.941 bits per heavy atom. The van der Waals surface area contributed by atoms with Gasteiger partial charge < -0.3 is 19.5 Å². The number of aromatic nitrogens is 2. The molecule has 0 aliphatic carbocycles. The number of hydrogen-bond donors (Lipinski definition) is 1. The van der Waals surface area contributed by atoms with Crippen LogP contribution in [0, 0.1) is 17.5 Å². The van der Waals surface area contributed by atoms with Crippen molar-refractivity contribution in [2.75, 3.05) is 45.2 Å². The fraction of sp³-hybridized carbons (Fsp3) is 0.269. The number of rotatable bonds is 5. The number of pyridine rings is 1. The first-order valence-corrected chi connectivity index (χ1v) is 11.1. The Kier molecular flexibility index (Phi) is 5.91. The van der Waals surface area contributed by atoms with E-state index >= 15 is 0 Å². The van der Waals surface area contributed by atoms with Crippen LogP contribution >= 0.6 is 0 Å². The Morgan fingerprint density at radius 2 is 1.74 bits per heavy atom. The summed E-state index contributed by atoms with van der Waals surface area (Å²) in [7, 11) is 3.41. The van der Waals surface area contributed by atoms with Crippen LogP contribution < -0.4 is 9.64 Å². The van der Waals surface area contributed by atoms with Crippen LogP contribution in [0.4, 0.5) is 18.9 Å². The van der Waals surface area contributed by atoms with Gasteiger partial charge in [-0.25, -0.2) is 18.2 Å². The maximum atomic E-state index is 14.9. The number of halogens is 3. The lowest BCUT2D eigenvalue weighted by atomic mass is 10.0. The molecule has 2 aromatic carbocycles. The van der Waals surface area contributed by atoms with Gasteiger partial charge in [-0.1, -0.05) is 6.07 Å². The highest BCUT2D eigenvalue weighted by atomic mass is 19.1. The molecular formula is C26H25F3N4O. The average Bonchev–Trinajstić information content (AvgIpc) is 3.23. The Hall–Kier alpha value is -3.52. The zero-order valence-electron chi connectivity index (χ0n) is 19.0. The summed E-state index contributed by atoms with van der Waals surface area (Å²) in [6.45, 7) is 3.42. The summed E-state index contributed by atoms with van der Waals surface area (Å²) in [5.74, 6) is -1.73. The van der Waals surface area contributed by atoms with Crippen LogP contribution in [-0.4, -0.2) is 55.2 Å². The summed E-state index contributed by atoms with van der Waals surface area (Å²) in [5, 5.41) is 0.704. The predicted octanol–water partition coefficient (Wildman–Crippen LogP) is 5.00. The summed E-state index contributed by atoms with van der Waals surface area (Å²) in [6.07, 6.45) is 3.85. The number of nitrogens with one attached hydrogen (secondary N) is 1. The molecule has 5 nitrogen and oxygen atoms in total. The van der Waals surface area contributed by atoms with E-state index in [0.29, 0.717) is 34.3 Å². The highest BCUT2D eigenvalue weighted by Crippen LogP contribution is 2.37. The van der Waals surface area contributed by atoms with Crippen molar-refractivity contribution >= 4 is 16.7 Å². The third kappa shape index (κ3) is 4.21. The van der Waals surface area contributed by atoms with E-state index in [2.05, 4.69) is 26.8 Å². The Labute approximate surface area is 195 Å². The molecule has 0 spiro atoms. The van der Waals surface area contributed by atoms with Crippen LogP contribution in [0.1, 0.15) is 11.1 Å². The van der Waals surface area contributed by atoms with Crippen LogP contribution in [0.25, 0.3) is 22.2 Å². The van der Waals surface area contributed by atoms with Gasteiger partial charge in [0.2, 0.25) is 0 Å². The normalized spacial score (nSPS) is 14.7. The average molecular weight is 467 g/mol. The number of benzene rings is 2. The molecule has 1 fully saturated rings. The first-order chi connectivity index (χ1) is 16.4. The first-order valence-electron chi connectivity index (χ1n) is 11.1. The maximum absolute atomic E-state index is 14.9. The van der Waals surface area contributed by atoms with Crippen LogP contribution in [0.2, 0.25) is 0 Å². The second-order valence-electron chi connectivity index (χ2n) is 8.66. The zero-order valence-corrected chi connectivity index (χ0v) is 19.0. The maximum Gasteiger partial charge on any atom is 0.168 e. The summed E-state index contributed by atoms with van der Waals surface area (Å²) in [6, 6.07) is 9.28. The van der Waals surface area contributed by atoms with E-state index in [0.717, 1.165) is 43.4 Å². The van der Waals surface area contributed by atoms with E-state index in [1.54, 1.807) is 18.5 Å². The van der Waals surface area contributed by atoms with Crippen LogP contribution in [0.3, 0.4) is 0 Å². The topological polar surface area (TPSA) is 44.4 Å². The number of hydrogen-bond acceptors (Lipinski definition) is 4. The molecule has 0 radical (unpaired) electrons. The SMILES string of the molecule is COc1c(F)cc(F)cc1-c1c[nH]c2ncc(Cc3ccc(N4CCN(C)CC4)c(F)c3)cc12. The van der Waals surface area contributed by atoms with E-state index in [-0.39, 0.29) is 11.6 Å². The van der Waals surface area contributed by atoms with Crippen molar-refractivity contribution in [3.05, 3.63) is 77.4 Å². The second kappa shape index (κ2) is 9.02. The Balaban J connectivity index is 1.44. The monoisotopic (exact) mass is 466 g/mol. The Morgan fingerprint density at radius 3 is 2.47 bits per heavy atom. The lowest BCUT2D eigenvalue weighted by Crippen LogP contribution is -2.44. The van der Waals surface area contributed by atoms with Gasteiger partial charge >= 0.3 is 0 Å². The molecule has 1 aliphatic heterocycles. The van der Waals surface area contributed by atoms with Crippen molar-refractivity contribution in [1.29, 1.82) is 0 Å². The quantitative estimate of drug-likeness (QED) is 0.450. The predicted molar refractivity (Wildman–Crippen MR) is 127 cm³/mol. The molecule has 34 heavy (non-hydrogen) atoms. The minimum atomic E-state index is -0.771. The van der Waals surface area contributed by atoms with Crippen LogP contribution in [-0.2, 0) is 6.42 Å². The Bertz CT molecular complexity index is 1350. The fourth-order valence-corrected chi connectivity index (χ4v) is 4.53. The molecule has 4 aromatic rings. The number of nitrogens with zero attached hydrogens (tertiary/aromatic N) is 3. The summed E-state index contributed by atoms with van der Waals surface area (Å²) >= 11 is 0. The summed E-state index contributed by atoms with van der Waals surface area (Å²) in [4.78, 5) is 11.8. The minimum absolute atomic E-state index is 0.0331. The molecule has 0 saturated carbocycles. The third-order valence-corrected chi connectivity index (χ3v) is 6.35. The minimum Gasteiger partial charge on any atom is -0.493 e. The molecular weight excluding hydrogens is 441 g/mol. The standard InChI is InChI=1S/C26H25F3N4O/c1-32-5-7-33(8-6-32)24-4-3-16(11-22(24)28)9-17-10-20-21(15-31-26(20)30-14-17)19-12-18(27)13-23(29)25(19)34-2/h3-4,10-15H,5-9H2,1-2H3,(H,30,31). The number of H-pyrrole nitrogens is 1. The molecule has 8 heteroatoms. The number of anilines is 1. The molecule has 1 N–H and O–H groups in total. The first kappa shape index (κ1) is 22.3. The number of likely N-dealkylation sites (N-methyl/N-ethyl adjacent to an activating group) is 1. The molecule has 176 valence electrons. The van der Waals surface area contributed by atoms with Crippen molar-refractivity contribution < 1.29 is 17.9 Å². The number of methoxy groups -OCH3 is 1. The van der Waals surface area contributed by atoms with E-state index in [9.17, 15) is 13.2 Å². The second-order valence-corrected chi connectivity index (χ2v) is 8.66. The fourth-order valence-electron chi connectivity index (χ4n) is 4.53. The number of ether oxygens (including phenoxy) is 1. The van der Waals surface area contributed by atoms with Crippen molar-refractivity contribution in [1.82, 2.24) is 14.9 Å². The number of piperazine rings is 1.